The van der Waals surface area contributed by atoms with Crippen LogP contribution in [-0.4, -0.2) is 15.0 Å². The third-order valence-corrected chi connectivity index (χ3v) is 3.02. The molecule has 0 spiro atoms. The fourth-order valence-corrected chi connectivity index (χ4v) is 1.97. The van der Waals surface area contributed by atoms with E-state index in [0.29, 0.717) is 10.8 Å². The van der Waals surface area contributed by atoms with E-state index >= 15 is 0 Å². The quantitative estimate of drug-likeness (QED) is 0.782. The van der Waals surface area contributed by atoms with Gasteiger partial charge < -0.3 is 10.5 Å². The molecular formula is C14H11ClN4O. The zero-order chi connectivity index (χ0) is 14.1. The molecule has 0 radical (unpaired) electrons. The van der Waals surface area contributed by atoms with Gasteiger partial charge in [-0.3, -0.25) is 0 Å². The Morgan fingerprint density at radius 2 is 2.00 bits per heavy atom. The van der Waals surface area contributed by atoms with Crippen LogP contribution in [-0.2, 0) is 0 Å². The van der Waals surface area contributed by atoms with E-state index in [1.807, 2.05) is 37.3 Å². The molecule has 0 aliphatic rings. The second-order valence-corrected chi connectivity index (χ2v) is 4.67. The Bertz CT molecular complexity index is 791. The molecule has 20 heavy (non-hydrogen) atoms. The van der Waals surface area contributed by atoms with E-state index in [2.05, 4.69) is 15.0 Å². The van der Waals surface area contributed by atoms with Crippen LogP contribution in [0.15, 0.2) is 36.5 Å². The van der Waals surface area contributed by atoms with Gasteiger partial charge in [0.25, 0.3) is 0 Å². The number of ether oxygens (including phenoxy) is 1. The zero-order valence-corrected chi connectivity index (χ0v) is 11.4. The fraction of sp³-hybridized carbons (Fsp3) is 0.0714. The Morgan fingerprint density at radius 3 is 2.85 bits per heavy atom. The largest absolute Gasteiger partial charge is 0.435 e. The van der Waals surface area contributed by atoms with Crippen LogP contribution in [0.4, 0.5) is 5.95 Å². The average Bonchev–Trinajstić information content (AvgIpc) is 2.43. The van der Waals surface area contributed by atoms with Gasteiger partial charge in [-0.15, -0.1) is 0 Å². The van der Waals surface area contributed by atoms with Gasteiger partial charge in [0.1, 0.15) is 10.5 Å². The molecule has 100 valence electrons. The topological polar surface area (TPSA) is 73.9 Å². The Kier molecular flexibility index (Phi) is 3.12. The second kappa shape index (κ2) is 4.94. The first-order chi connectivity index (χ1) is 9.63. The van der Waals surface area contributed by atoms with Crippen molar-refractivity contribution in [3.63, 3.8) is 0 Å². The van der Waals surface area contributed by atoms with Crippen molar-refractivity contribution >= 4 is 28.5 Å². The van der Waals surface area contributed by atoms with E-state index in [4.69, 9.17) is 22.1 Å². The molecule has 0 unspecified atom stereocenters. The summed E-state index contributed by atoms with van der Waals surface area (Å²) < 4.78 is 5.73. The Labute approximate surface area is 120 Å². The summed E-state index contributed by atoms with van der Waals surface area (Å²) in [7, 11) is 0. The summed E-state index contributed by atoms with van der Waals surface area (Å²) in [5.74, 6) is 0.898. The van der Waals surface area contributed by atoms with E-state index in [1.54, 1.807) is 0 Å². The zero-order valence-electron chi connectivity index (χ0n) is 10.7. The highest BCUT2D eigenvalue weighted by Gasteiger charge is 2.10. The van der Waals surface area contributed by atoms with E-state index in [9.17, 15) is 0 Å². The SMILES string of the molecule is Cc1ccc2cccc(Oc3nc(N)ncc3Cl)c2n1. The summed E-state index contributed by atoms with van der Waals surface area (Å²) >= 11 is 6.00. The maximum atomic E-state index is 6.00. The third kappa shape index (κ3) is 2.35. The smallest absolute Gasteiger partial charge is 0.243 e. The van der Waals surface area contributed by atoms with Crippen LogP contribution in [0, 0.1) is 6.92 Å². The number of rotatable bonds is 2. The molecule has 3 aromatic rings. The van der Waals surface area contributed by atoms with Crippen molar-refractivity contribution < 1.29 is 4.74 Å². The summed E-state index contributed by atoms with van der Waals surface area (Å²) in [6.45, 7) is 1.92. The minimum atomic E-state index is 0.105. The summed E-state index contributed by atoms with van der Waals surface area (Å²) in [5.41, 5.74) is 7.20. The molecule has 5 nitrogen and oxygen atoms in total. The molecule has 0 saturated heterocycles. The molecule has 2 N–H and O–H groups in total. The number of hydrogen-bond donors (Lipinski definition) is 1. The number of benzene rings is 1. The molecule has 0 amide bonds. The lowest BCUT2D eigenvalue weighted by molar-refractivity contribution is 0.467. The number of aryl methyl sites for hydroxylation is 1. The van der Waals surface area contributed by atoms with Crippen molar-refractivity contribution in [2.75, 3.05) is 5.73 Å². The summed E-state index contributed by atoms with van der Waals surface area (Å²) in [6, 6.07) is 9.59. The summed E-state index contributed by atoms with van der Waals surface area (Å²) in [4.78, 5) is 12.3. The number of anilines is 1. The normalized spacial score (nSPS) is 10.7. The van der Waals surface area contributed by atoms with Crippen molar-refractivity contribution in [1.82, 2.24) is 15.0 Å². The van der Waals surface area contributed by atoms with Crippen molar-refractivity contribution in [3.05, 3.63) is 47.2 Å². The Morgan fingerprint density at radius 1 is 1.15 bits per heavy atom. The first-order valence-corrected chi connectivity index (χ1v) is 6.33. The average molecular weight is 287 g/mol. The Balaban J connectivity index is 2.10. The van der Waals surface area contributed by atoms with Crippen LogP contribution >= 0.6 is 11.6 Å². The predicted octanol–water partition coefficient (Wildman–Crippen LogP) is 3.36. The van der Waals surface area contributed by atoms with Gasteiger partial charge in [-0.25, -0.2) is 9.97 Å². The lowest BCUT2D eigenvalue weighted by Gasteiger charge is -2.09. The Hall–Kier alpha value is -2.40. The first kappa shape index (κ1) is 12.6. The van der Waals surface area contributed by atoms with Crippen molar-refractivity contribution in [2.24, 2.45) is 0 Å². The van der Waals surface area contributed by atoms with E-state index < -0.39 is 0 Å². The highest BCUT2D eigenvalue weighted by Crippen LogP contribution is 2.31. The van der Waals surface area contributed by atoms with Gasteiger partial charge in [-0.05, 0) is 19.1 Å². The predicted molar refractivity (Wildman–Crippen MR) is 78.0 cm³/mol. The van der Waals surface area contributed by atoms with Crippen LogP contribution in [0.3, 0.4) is 0 Å². The van der Waals surface area contributed by atoms with Crippen molar-refractivity contribution in [2.45, 2.75) is 6.92 Å². The van der Waals surface area contributed by atoms with E-state index in [1.165, 1.54) is 6.20 Å². The number of aromatic nitrogens is 3. The molecule has 2 heterocycles. The van der Waals surface area contributed by atoms with Gasteiger partial charge in [-0.1, -0.05) is 29.8 Å². The molecule has 0 atom stereocenters. The molecule has 2 aromatic heterocycles. The maximum absolute atomic E-state index is 6.00. The third-order valence-electron chi connectivity index (χ3n) is 2.76. The molecule has 0 aliphatic heterocycles. The van der Waals surface area contributed by atoms with Crippen molar-refractivity contribution in [3.8, 4) is 11.6 Å². The summed E-state index contributed by atoms with van der Waals surface area (Å²) in [5, 5.41) is 1.27. The molecule has 1 aromatic carbocycles. The van der Waals surface area contributed by atoms with Crippen LogP contribution in [0.2, 0.25) is 5.02 Å². The monoisotopic (exact) mass is 286 g/mol. The highest BCUT2D eigenvalue weighted by molar-refractivity contribution is 6.31. The number of halogens is 1. The molecule has 0 aliphatic carbocycles. The van der Waals surface area contributed by atoms with Gasteiger partial charge in [0.05, 0.1) is 6.20 Å². The lowest BCUT2D eigenvalue weighted by atomic mass is 10.2. The first-order valence-electron chi connectivity index (χ1n) is 5.96. The number of nitrogens with two attached hydrogens (primary N) is 1. The van der Waals surface area contributed by atoms with Crippen LogP contribution in [0.25, 0.3) is 10.9 Å². The van der Waals surface area contributed by atoms with Crippen LogP contribution in [0.1, 0.15) is 5.69 Å². The fourth-order valence-electron chi connectivity index (χ4n) is 1.84. The second-order valence-electron chi connectivity index (χ2n) is 4.26. The van der Waals surface area contributed by atoms with Gasteiger partial charge in [0.15, 0.2) is 5.75 Å². The highest BCUT2D eigenvalue weighted by atomic mass is 35.5. The number of nitrogens with zero attached hydrogens (tertiary/aromatic N) is 3. The molecule has 0 saturated carbocycles. The van der Waals surface area contributed by atoms with E-state index in [-0.39, 0.29) is 11.8 Å². The molecule has 6 heteroatoms. The number of nitrogen functional groups attached to an aromatic ring is 1. The summed E-state index contributed by atoms with van der Waals surface area (Å²) in [6.07, 6.45) is 1.41. The maximum Gasteiger partial charge on any atom is 0.243 e. The number of para-hydroxylation sites is 1. The number of fused-ring (bicyclic) bond motifs is 1. The van der Waals surface area contributed by atoms with Gasteiger partial charge >= 0.3 is 0 Å². The minimum absolute atomic E-state index is 0.105. The van der Waals surface area contributed by atoms with E-state index in [0.717, 1.165) is 16.6 Å². The molecule has 0 fully saturated rings. The van der Waals surface area contributed by atoms with Crippen LogP contribution in [0.5, 0.6) is 11.6 Å². The van der Waals surface area contributed by atoms with Gasteiger partial charge in [0.2, 0.25) is 11.8 Å². The standard InChI is InChI=1S/C14H11ClN4O/c1-8-5-6-9-3-2-4-11(12(9)18-8)20-13-10(15)7-17-14(16)19-13/h2-7H,1H3,(H2,16,17,19). The molecular weight excluding hydrogens is 276 g/mol. The lowest BCUT2D eigenvalue weighted by Crippen LogP contribution is -1.98. The minimum Gasteiger partial charge on any atom is -0.435 e. The molecule has 0 bridgehead atoms. The number of pyridine rings is 1. The molecule has 3 rings (SSSR count). The van der Waals surface area contributed by atoms with Gasteiger partial charge in [-0.2, -0.15) is 4.98 Å². The van der Waals surface area contributed by atoms with Crippen LogP contribution < -0.4 is 10.5 Å². The van der Waals surface area contributed by atoms with Crippen molar-refractivity contribution in [1.29, 1.82) is 0 Å². The number of hydrogen-bond acceptors (Lipinski definition) is 5. The van der Waals surface area contributed by atoms with Gasteiger partial charge in [0, 0.05) is 11.1 Å².